The van der Waals surface area contributed by atoms with E-state index in [0.717, 1.165) is 11.6 Å². The Hall–Kier alpha value is -3.30. The number of fused-ring (bicyclic) bond motifs is 2. The van der Waals surface area contributed by atoms with E-state index in [-0.39, 0.29) is 47.2 Å². The summed E-state index contributed by atoms with van der Waals surface area (Å²) in [6, 6.07) is 0. The molecular formula is C29H40N2O7. The molecule has 2 aliphatic rings. The highest BCUT2D eigenvalue weighted by molar-refractivity contribution is 6.21. The Balaban J connectivity index is 2.53. The number of carbonyl (C=O) groups is 4. The molecule has 0 aromatic heterocycles. The molecule has 3 N–H and O–H groups in total. The predicted octanol–water partition coefficient (Wildman–Crippen LogP) is 3.71. The van der Waals surface area contributed by atoms with Gasteiger partial charge in [0, 0.05) is 43.3 Å². The molecule has 9 heteroatoms. The van der Waals surface area contributed by atoms with Gasteiger partial charge in [0.15, 0.2) is 5.78 Å². The molecule has 2 amide bonds. The van der Waals surface area contributed by atoms with Gasteiger partial charge in [0.25, 0.3) is 5.91 Å². The van der Waals surface area contributed by atoms with E-state index in [9.17, 15) is 19.2 Å². The topological polar surface area (TPSA) is 134 Å². The predicted molar refractivity (Wildman–Crippen MR) is 144 cm³/mol. The number of nitrogens with two attached hydrogens (primary N) is 1. The van der Waals surface area contributed by atoms with Gasteiger partial charge in [-0.3, -0.25) is 14.4 Å². The van der Waals surface area contributed by atoms with E-state index in [1.54, 1.807) is 39.4 Å². The first kappa shape index (κ1) is 30.9. The molecule has 38 heavy (non-hydrogen) atoms. The van der Waals surface area contributed by atoms with E-state index >= 15 is 0 Å². The fourth-order valence-electron chi connectivity index (χ4n) is 4.95. The molecule has 2 bridgehead atoms. The van der Waals surface area contributed by atoms with E-state index in [2.05, 4.69) is 5.32 Å². The number of allylic oxidation sites excluding steroid dienone is 5. The molecule has 1 aliphatic carbocycles. The molecule has 6 atom stereocenters. The summed E-state index contributed by atoms with van der Waals surface area (Å²) in [5.74, 6) is -1.66. The van der Waals surface area contributed by atoms with Crippen molar-refractivity contribution in [3.05, 3.63) is 58.9 Å². The molecule has 2 rings (SSSR count). The lowest BCUT2D eigenvalue weighted by Gasteiger charge is -2.31. The van der Waals surface area contributed by atoms with Crippen molar-refractivity contribution in [1.29, 1.82) is 0 Å². The van der Waals surface area contributed by atoms with E-state index in [4.69, 9.17) is 19.9 Å². The Bertz CT molecular complexity index is 1080. The fourth-order valence-corrected chi connectivity index (χ4v) is 4.95. The zero-order valence-corrected chi connectivity index (χ0v) is 23.3. The van der Waals surface area contributed by atoms with Crippen LogP contribution in [0.3, 0.4) is 0 Å². The first-order chi connectivity index (χ1) is 17.9. The van der Waals surface area contributed by atoms with Crippen molar-refractivity contribution in [3.63, 3.8) is 0 Å². The lowest BCUT2D eigenvalue weighted by atomic mass is 9.85. The Labute approximate surface area is 224 Å². The monoisotopic (exact) mass is 528 g/mol. The van der Waals surface area contributed by atoms with Gasteiger partial charge in [-0.1, -0.05) is 45.1 Å². The average Bonchev–Trinajstić information content (AvgIpc) is 2.83. The number of methoxy groups -OCH3 is 2. The number of rotatable bonds is 3. The van der Waals surface area contributed by atoms with Crippen LogP contribution >= 0.6 is 0 Å². The van der Waals surface area contributed by atoms with Crippen LogP contribution in [-0.4, -0.2) is 56.1 Å². The number of Topliss-reactive ketones (excluding diaryl/α,β-unsaturated/α-hetero) is 1. The number of amides is 2. The molecule has 1 heterocycles. The van der Waals surface area contributed by atoms with E-state index in [1.165, 1.54) is 6.08 Å². The summed E-state index contributed by atoms with van der Waals surface area (Å²) in [5.41, 5.74) is 6.78. The summed E-state index contributed by atoms with van der Waals surface area (Å²) in [4.78, 5) is 49.8. The molecule has 1 unspecified atom stereocenters. The smallest absolute Gasteiger partial charge is 0.405 e. The number of ketones is 2. The fraction of sp³-hybridized carbons (Fsp3) is 0.517. The van der Waals surface area contributed by atoms with Gasteiger partial charge in [-0.05, 0) is 44.3 Å². The maximum atomic E-state index is 13.1. The Morgan fingerprint density at radius 3 is 2.32 bits per heavy atom. The van der Waals surface area contributed by atoms with Gasteiger partial charge in [0.1, 0.15) is 6.10 Å². The minimum absolute atomic E-state index is 0.0354. The van der Waals surface area contributed by atoms with Crippen molar-refractivity contribution in [2.45, 2.75) is 65.8 Å². The van der Waals surface area contributed by atoms with Crippen molar-refractivity contribution >= 4 is 23.6 Å². The molecule has 0 radical (unpaired) electrons. The molecule has 0 spiro atoms. The Kier molecular flexibility index (Phi) is 11.4. The van der Waals surface area contributed by atoms with Crippen molar-refractivity contribution in [3.8, 4) is 0 Å². The summed E-state index contributed by atoms with van der Waals surface area (Å²) < 4.78 is 17.1. The number of nitrogens with one attached hydrogen (secondary N) is 1. The average molecular weight is 529 g/mol. The van der Waals surface area contributed by atoms with Gasteiger partial charge in [-0.25, -0.2) is 4.79 Å². The summed E-state index contributed by atoms with van der Waals surface area (Å²) in [6.07, 6.45) is 8.22. The number of ether oxygens (including phenoxy) is 3. The van der Waals surface area contributed by atoms with Crippen LogP contribution in [0.4, 0.5) is 4.79 Å². The molecule has 0 fully saturated rings. The lowest BCUT2D eigenvalue weighted by Crippen LogP contribution is -2.37. The van der Waals surface area contributed by atoms with Crippen molar-refractivity contribution in [1.82, 2.24) is 5.32 Å². The summed E-state index contributed by atoms with van der Waals surface area (Å²) in [7, 11) is 3.22. The lowest BCUT2D eigenvalue weighted by molar-refractivity contribution is -0.120. The van der Waals surface area contributed by atoms with Gasteiger partial charge in [0.2, 0.25) is 5.78 Å². The SMILES string of the molecule is CO[C@H]1[C@@H](OC)C[C@H](C)CC2=CC(=O)C=C(NC(=O)/C(C)=C/C=C\[C@H](C)C(OC(N)=O)/C(C)=C/[C@@H]1C)C2=O. The van der Waals surface area contributed by atoms with E-state index in [1.807, 2.05) is 33.8 Å². The largest absolute Gasteiger partial charge is 0.441 e. The Morgan fingerprint density at radius 1 is 1.03 bits per heavy atom. The van der Waals surface area contributed by atoms with E-state index < -0.39 is 18.1 Å². The third kappa shape index (κ3) is 8.36. The molecule has 208 valence electrons. The first-order valence-corrected chi connectivity index (χ1v) is 12.7. The van der Waals surface area contributed by atoms with Gasteiger partial charge in [-0.15, -0.1) is 0 Å². The van der Waals surface area contributed by atoms with Crippen LogP contribution in [0.15, 0.2) is 58.9 Å². The molecule has 0 saturated carbocycles. The summed E-state index contributed by atoms with van der Waals surface area (Å²) in [5, 5.41) is 2.57. The van der Waals surface area contributed by atoms with Crippen LogP contribution in [0.25, 0.3) is 0 Å². The zero-order chi connectivity index (χ0) is 28.6. The minimum atomic E-state index is -0.889. The van der Waals surface area contributed by atoms with Crippen LogP contribution in [-0.2, 0) is 28.6 Å². The van der Waals surface area contributed by atoms with Gasteiger partial charge >= 0.3 is 6.09 Å². The molecule has 1 aliphatic heterocycles. The van der Waals surface area contributed by atoms with Crippen LogP contribution in [0.1, 0.15) is 47.5 Å². The second-order valence-corrected chi connectivity index (χ2v) is 10.2. The number of carbonyl (C=O) groups excluding carboxylic acids is 4. The highest BCUT2D eigenvalue weighted by Crippen LogP contribution is 2.28. The van der Waals surface area contributed by atoms with Crippen LogP contribution < -0.4 is 11.1 Å². The minimum Gasteiger partial charge on any atom is -0.441 e. The van der Waals surface area contributed by atoms with Crippen molar-refractivity contribution in [2.24, 2.45) is 23.5 Å². The molecule has 9 nitrogen and oxygen atoms in total. The third-order valence-corrected chi connectivity index (χ3v) is 6.86. The normalized spacial score (nSPS) is 33.6. The highest BCUT2D eigenvalue weighted by Gasteiger charge is 2.31. The molecule has 0 saturated heterocycles. The van der Waals surface area contributed by atoms with Crippen molar-refractivity contribution < 1.29 is 33.4 Å². The van der Waals surface area contributed by atoms with Gasteiger partial charge in [-0.2, -0.15) is 0 Å². The summed E-state index contributed by atoms with van der Waals surface area (Å²) >= 11 is 0. The second kappa shape index (κ2) is 14.0. The Morgan fingerprint density at radius 2 is 1.71 bits per heavy atom. The standard InChI is InChI=1S/C29H40N2O7/c1-16-11-21-14-22(32)15-23(25(21)33)31-28(34)18(3)10-8-9-17(2)26(38-29(30)35)19(4)13-20(5)27(37-7)24(12-16)36-6/h8-10,13-17,20,24,26-27H,11-12H2,1-7H3,(H2,30,35)(H,31,34)/b9-8-,18-10+,19-13+/t16-,17+,20+,24+,26?,27-/m1/s1. The number of hydrogen-bond donors (Lipinski definition) is 2. The summed E-state index contributed by atoms with van der Waals surface area (Å²) in [6.45, 7) is 9.30. The van der Waals surface area contributed by atoms with Crippen LogP contribution in [0.2, 0.25) is 0 Å². The zero-order valence-electron chi connectivity index (χ0n) is 23.3. The van der Waals surface area contributed by atoms with E-state index in [0.29, 0.717) is 24.0 Å². The number of primary amides is 1. The first-order valence-electron chi connectivity index (χ1n) is 12.7. The van der Waals surface area contributed by atoms with Gasteiger partial charge in [0.05, 0.1) is 17.9 Å². The quantitative estimate of drug-likeness (QED) is 0.421. The highest BCUT2D eigenvalue weighted by atomic mass is 16.6. The molecule has 0 aromatic rings. The number of hydrogen-bond acceptors (Lipinski definition) is 7. The van der Waals surface area contributed by atoms with Gasteiger partial charge < -0.3 is 25.3 Å². The molecule has 0 aromatic carbocycles. The maximum absolute atomic E-state index is 13.1. The molecular weight excluding hydrogens is 488 g/mol. The maximum Gasteiger partial charge on any atom is 0.405 e. The van der Waals surface area contributed by atoms with Crippen molar-refractivity contribution in [2.75, 3.05) is 14.2 Å². The second-order valence-electron chi connectivity index (χ2n) is 10.2. The van der Waals surface area contributed by atoms with Crippen LogP contribution in [0.5, 0.6) is 0 Å². The van der Waals surface area contributed by atoms with Crippen LogP contribution in [0, 0.1) is 17.8 Å². The third-order valence-electron chi connectivity index (χ3n) is 6.86.